The maximum atomic E-state index is 10.1. The quantitative estimate of drug-likeness (QED) is 0.564. The number of hydrogen-bond donors (Lipinski definition) is 3. The molecular weight excluding hydrogens is 238 g/mol. The molecule has 1 atom stereocenters. The SMILES string of the molecule is CC(C)C(O)C(C)(C)CN=C(N)Nc1ccccc1. The molecule has 0 radical (unpaired) electrons. The maximum Gasteiger partial charge on any atom is 0.193 e. The average molecular weight is 263 g/mol. The molecule has 0 bridgehead atoms. The minimum absolute atomic E-state index is 0.202. The van der Waals surface area contributed by atoms with E-state index in [9.17, 15) is 5.11 Å². The minimum Gasteiger partial charge on any atom is -0.392 e. The van der Waals surface area contributed by atoms with E-state index in [1.165, 1.54) is 0 Å². The first-order valence-electron chi connectivity index (χ1n) is 6.63. The van der Waals surface area contributed by atoms with Crippen LogP contribution >= 0.6 is 0 Å². The van der Waals surface area contributed by atoms with E-state index in [0.29, 0.717) is 12.5 Å². The van der Waals surface area contributed by atoms with Crippen LogP contribution in [0.3, 0.4) is 0 Å². The van der Waals surface area contributed by atoms with E-state index >= 15 is 0 Å². The second kappa shape index (κ2) is 6.57. The summed E-state index contributed by atoms with van der Waals surface area (Å²) in [7, 11) is 0. The third-order valence-corrected chi connectivity index (χ3v) is 3.14. The number of aliphatic hydroxyl groups excluding tert-OH is 1. The van der Waals surface area contributed by atoms with Crippen molar-refractivity contribution in [3.63, 3.8) is 0 Å². The van der Waals surface area contributed by atoms with Crippen LogP contribution in [0.1, 0.15) is 27.7 Å². The molecule has 4 heteroatoms. The zero-order chi connectivity index (χ0) is 14.5. The zero-order valence-electron chi connectivity index (χ0n) is 12.2. The molecule has 1 aromatic carbocycles. The van der Waals surface area contributed by atoms with Crippen molar-refractivity contribution >= 4 is 11.6 Å². The molecule has 1 unspecified atom stereocenters. The molecule has 0 aliphatic heterocycles. The van der Waals surface area contributed by atoms with Crippen LogP contribution in [-0.4, -0.2) is 23.7 Å². The maximum absolute atomic E-state index is 10.1. The lowest BCUT2D eigenvalue weighted by Crippen LogP contribution is -2.37. The molecule has 0 aliphatic carbocycles. The molecule has 0 saturated heterocycles. The second-order valence-corrected chi connectivity index (χ2v) is 5.87. The van der Waals surface area contributed by atoms with Gasteiger partial charge in [0.15, 0.2) is 5.96 Å². The van der Waals surface area contributed by atoms with Gasteiger partial charge in [0.2, 0.25) is 0 Å². The fourth-order valence-corrected chi connectivity index (χ4v) is 1.99. The van der Waals surface area contributed by atoms with Gasteiger partial charge in [0.05, 0.1) is 12.6 Å². The summed E-state index contributed by atoms with van der Waals surface area (Å²) < 4.78 is 0. The zero-order valence-corrected chi connectivity index (χ0v) is 12.2. The lowest BCUT2D eigenvalue weighted by atomic mass is 9.81. The Morgan fingerprint density at radius 1 is 1.32 bits per heavy atom. The molecule has 106 valence electrons. The molecule has 0 spiro atoms. The Morgan fingerprint density at radius 3 is 2.42 bits per heavy atom. The highest BCUT2D eigenvalue weighted by molar-refractivity contribution is 5.92. The van der Waals surface area contributed by atoms with Crippen LogP contribution in [-0.2, 0) is 0 Å². The van der Waals surface area contributed by atoms with Crippen LogP contribution in [0.15, 0.2) is 35.3 Å². The topological polar surface area (TPSA) is 70.6 Å². The summed E-state index contributed by atoms with van der Waals surface area (Å²) in [5, 5.41) is 13.2. The summed E-state index contributed by atoms with van der Waals surface area (Å²) in [4.78, 5) is 4.32. The monoisotopic (exact) mass is 263 g/mol. The van der Waals surface area contributed by atoms with Crippen LogP contribution in [0.5, 0.6) is 0 Å². The fraction of sp³-hybridized carbons (Fsp3) is 0.533. The van der Waals surface area contributed by atoms with Crippen molar-refractivity contribution in [2.45, 2.75) is 33.8 Å². The van der Waals surface area contributed by atoms with Gasteiger partial charge in [-0.15, -0.1) is 0 Å². The van der Waals surface area contributed by atoms with Crippen LogP contribution < -0.4 is 11.1 Å². The number of para-hydroxylation sites is 1. The number of nitrogens with zero attached hydrogens (tertiary/aromatic N) is 1. The molecule has 0 aliphatic rings. The number of aliphatic hydroxyl groups is 1. The summed E-state index contributed by atoms with van der Waals surface area (Å²) in [6.07, 6.45) is -0.402. The number of hydrogen-bond acceptors (Lipinski definition) is 2. The number of nitrogens with two attached hydrogens (primary N) is 1. The second-order valence-electron chi connectivity index (χ2n) is 5.87. The van der Waals surface area contributed by atoms with E-state index in [0.717, 1.165) is 5.69 Å². The van der Waals surface area contributed by atoms with Gasteiger partial charge in [-0.05, 0) is 18.1 Å². The summed E-state index contributed by atoms with van der Waals surface area (Å²) >= 11 is 0. The molecule has 0 amide bonds. The van der Waals surface area contributed by atoms with Gasteiger partial charge in [-0.25, -0.2) is 0 Å². The molecule has 4 N–H and O–H groups in total. The molecule has 4 nitrogen and oxygen atoms in total. The van der Waals surface area contributed by atoms with E-state index in [1.54, 1.807) is 0 Å². The standard InChI is InChI=1S/C15H25N3O/c1-11(2)13(19)15(3,4)10-17-14(16)18-12-8-6-5-7-9-12/h5-9,11,13,19H,10H2,1-4H3,(H3,16,17,18). The molecule has 19 heavy (non-hydrogen) atoms. The highest BCUT2D eigenvalue weighted by Crippen LogP contribution is 2.26. The number of benzene rings is 1. The van der Waals surface area contributed by atoms with Gasteiger partial charge < -0.3 is 16.2 Å². The molecule has 0 fully saturated rings. The van der Waals surface area contributed by atoms with Crippen LogP contribution in [0.2, 0.25) is 0 Å². The van der Waals surface area contributed by atoms with Gasteiger partial charge in [-0.2, -0.15) is 0 Å². The van der Waals surface area contributed by atoms with Crippen molar-refractivity contribution in [3.05, 3.63) is 30.3 Å². The lowest BCUT2D eigenvalue weighted by Gasteiger charge is -2.31. The van der Waals surface area contributed by atoms with Crippen molar-refractivity contribution < 1.29 is 5.11 Å². The van der Waals surface area contributed by atoms with E-state index < -0.39 is 6.10 Å². The van der Waals surface area contributed by atoms with Crippen molar-refractivity contribution in [1.29, 1.82) is 0 Å². The Kier molecular flexibility index (Phi) is 5.36. The van der Waals surface area contributed by atoms with Crippen molar-refractivity contribution in [2.24, 2.45) is 22.1 Å². The van der Waals surface area contributed by atoms with Gasteiger partial charge in [-0.1, -0.05) is 45.9 Å². The number of aliphatic imine (C=N–C) groups is 1. The van der Waals surface area contributed by atoms with E-state index in [-0.39, 0.29) is 11.3 Å². The summed E-state index contributed by atoms with van der Waals surface area (Å²) in [6.45, 7) is 8.48. The van der Waals surface area contributed by atoms with Crippen molar-refractivity contribution in [2.75, 3.05) is 11.9 Å². The smallest absolute Gasteiger partial charge is 0.193 e. The van der Waals surface area contributed by atoms with E-state index in [1.807, 2.05) is 58.0 Å². The predicted molar refractivity (Wildman–Crippen MR) is 81.2 cm³/mol. The van der Waals surface area contributed by atoms with E-state index in [4.69, 9.17) is 5.73 Å². The Labute approximate surface area is 115 Å². The third-order valence-electron chi connectivity index (χ3n) is 3.14. The number of rotatable bonds is 5. The number of anilines is 1. The molecule has 0 heterocycles. The first-order valence-corrected chi connectivity index (χ1v) is 6.63. The first kappa shape index (κ1) is 15.5. The number of guanidine groups is 1. The average Bonchev–Trinajstić information content (AvgIpc) is 2.36. The van der Waals surface area contributed by atoms with Crippen LogP contribution in [0.25, 0.3) is 0 Å². The summed E-state index contributed by atoms with van der Waals surface area (Å²) in [5.74, 6) is 0.573. The summed E-state index contributed by atoms with van der Waals surface area (Å²) in [6, 6.07) is 9.66. The van der Waals surface area contributed by atoms with Crippen molar-refractivity contribution in [3.8, 4) is 0 Å². The van der Waals surface area contributed by atoms with Gasteiger partial charge in [0, 0.05) is 11.1 Å². The summed E-state index contributed by atoms with van der Waals surface area (Å²) in [5.41, 5.74) is 6.46. The van der Waals surface area contributed by atoms with Crippen LogP contribution in [0.4, 0.5) is 5.69 Å². The highest BCUT2D eigenvalue weighted by Gasteiger charge is 2.29. The first-order chi connectivity index (χ1) is 8.83. The molecule has 0 saturated carbocycles. The number of nitrogens with one attached hydrogen (secondary N) is 1. The van der Waals surface area contributed by atoms with Gasteiger partial charge in [0.25, 0.3) is 0 Å². The molecule has 0 aromatic heterocycles. The van der Waals surface area contributed by atoms with Gasteiger partial charge >= 0.3 is 0 Å². The minimum atomic E-state index is -0.402. The van der Waals surface area contributed by atoms with Gasteiger partial charge in [0.1, 0.15) is 0 Å². The largest absolute Gasteiger partial charge is 0.392 e. The highest BCUT2D eigenvalue weighted by atomic mass is 16.3. The molecule has 1 aromatic rings. The van der Waals surface area contributed by atoms with Gasteiger partial charge in [-0.3, -0.25) is 4.99 Å². The Morgan fingerprint density at radius 2 is 1.89 bits per heavy atom. The Bertz CT molecular complexity index is 413. The fourth-order valence-electron chi connectivity index (χ4n) is 1.99. The predicted octanol–water partition coefficient (Wildman–Crippen LogP) is 2.46. The van der Waals surface area contributed by atoms with Crippen LogP contribution in [0, 0.1) is 11.3 Å². The third kappa shape index (κ3) is 4.91. The molecule has 1 rings (SSSR count). The Balaban J connectivity index is 2.60. The van der Waals surface area contributed by atoms with Crippen molar-refractivity contribution in [1.82, 2.24) is 0 Å². The normalized spacial score (nSPS) is 14.5. The lowest BCUT2D eigenvalue weighted by molar-refractivity contribution is 0.0189. The molecular formula is C15H25N3O. The Hall–Kier alpha value is -1.55. The van der Waals surface area contributed by atoms with E-state index in [2.05, 4.69) is 10.3 Å².